The van der Waals surface area contributed by atoms with Crippen molar-refractivity contribution in [2.75, 3.05) is 20.2 Å². The molecule has 2 aromatic carbocycles. The number of hydrogen-bond donors (Lipinski definition) is 2. The number of sulfonamides is 1. The molecule has 0 radical (unpaired) electrons. The lowest BCUT2D eigenvalue weighted by Gasteiger charge is -2.30. The molecule has 0 unspecified atom stereocenters. The molecule has 1 heterocycles. The van der Waals surface area contributed by atoms with Gasteiger partial charge in [-0.15, -0.1) is 0 Å². The largest absolute Gasteiger partial charge is 0.497 e. The number of primary sulfonamides is 1. The Morgan fingerprint density at radius 2 is 1.81 bits per heavy atom. The maximum Gasteiger partial charge on any atom is 0.238 e. The number of nitrogens with two attached hydrogens (primary N) is 1. The van der Waals surface area contributed by atoms with Gasteiger partial charge in [0, 0.05) is 6.04 Å². The van der Waals surface area contributed by atoms with Gasteiger partial charge in [-0.2, -0.15) is 0 Å². The van der Waals surface area contributed by atoms with E-state index in [1.54, 1.807) is 19.2 Å². The summed E-state index contributed by atoms with van der Waals surface area (Å²) in [5.41, 5.74) is 2.02. The molecule has 2 atom stereocenters. The maximum atomic E-state index is 12.8. The Labute approximate surface area is 184 Å². The van der Waals surface area contributed by atoms with Gasteiger partial charge in [0.1, 0.15) is 5.75 Å². The number of nitrogens with zero attached hydrogens (tertiary/aromatic N) is 1. The van der Waals surface area contributed by atoms with Gasteiger partial charge in [-0.25, -0.2) is 13.6 Å². The van der Waals surface area contributed by atoms with Crippen LogP contribution in [0, 0.1) is 0 Å². The molecular weight excluding hydrogens is 414 g/mol. The average Bonchev–Trinajstić information content (AvgIpc) is 2.98. The Balaban J connectivity index is 1.66. The highest BCUT2D eigenvalue weighted by Gasteiger charge is 2.25. The van der Waals surface area contributed by atoms with E-state index in [4.69, 9.17) is 9.88 Å². The minimum atomic E-state index is -3.73. The second-order valence-electron chi connectivity index (χ2n) is 8.01. The molecule has 0 aliphatic carbocycles. The van der Waals surface area contributed by atoms with Crippen LogP contribution in [0.5, 0.6) is 5.75 Å². The molecule has 1 amide bonds. The summed E-state index contributed by atoms with van der Waals surface area (Å²) in [4.78, 5) is 15.1. The molecule has 0 saturated carbocycles. The molecule has 168 valence electrons. The zero-order valence-electron chi connectivity index (χ0n) is 18.1. The van der Waals surface area contributed by atoms with Crippen molar-refractivity contribution >= 4 is 15.9 Å². The van der Waals surface area contributed by atoms with Gasteiger partial charge in [0.05, 0.1) is 24.6 Å². The Morgan fingerprint density at radius 3 is 2.42 bits per heavy atom. The normalized spacial score (nSPS) is 18.7. The summed E-state index contributed by atoms with van der Waals surface area (Å²) in [5, 5.41) is 8.18. The quantitative estimate of drug-likeness (QED) is 0.682. The van der Waals surface area contributed by atoms with Gasteiger partial charge in [-0.3, -0.25) is 9.69 Å². The number of likely N-dealkylation sites (tertiary alicyclic amines) is 1. The number of rotatable bonds is 7. The van der Waals surface area contributed by atoms with Crippen molar-refractivity contribution in [3.8, 4) is 5.75 Å². The Hall–Kier alpha value is -2.42. The summed E-state index contributed by atoms with van der Waals surface area (Å²) in [6, 6.07) is 14.3. The van der Waals surface area contributed by atoms with Crippen LogP contribution >= 0.6 is 0 Å². The predicted molar refractivity (Wildman–Crippen MR) is 120 cm³/mol. The van der Waals surface area contributed by atoms with Crippen molar-refractivity contribution in [1.82, 2.24) is 10.2 Å². The lowest BCUT2D eigenvalue weighted by Crippen LogP contribution is -2.40. The van der Waals surface area contributed by atoms with Crippen LogP contribution in [0.25, 0.3) is 0 Å². The van der Waals surface area contributed by atoms with Gasteiger partial charge in [0.25, 0.3) is 0 Å². The average molecular weight is 446 g/mol. The second kappa shape index (κ2) is 10.3. The van der Waals surface area contributed by atoms with Gasteiger partial charge in [-0.05, 0) is 61.7 Å². The van der Waals surface area contributed by atoms with E-state index in [9.17, 15) is 13.2 Å². The van der Waals surface area contributed by atoms with Crippen LogP contribution in [0.2, 0.25) is 0 Å². The number of carbonyl (C=O) groups excluding carboxylic acids is 1. The lowest BCUT2D eigenvalue weighted by atomic mass is 10.0. The second-order valence-corrected chi connectivity index (χ2v) is 9.57. The molecular formula is C23H31N3O4S. The highest BCUT2D eigenvalue weighted by Crippen LogP contribution is 2.31. The molecule has 1 aliphatic rings. The number of ether oxygens (including phenoxy) is 1. The molecule has 3 rings (SSSR count). The van der Waals surface area contributed by atoms with Gasteiger partial charge >= 0.3 is 0 Å². The molecule has 3 N–H and O–H groups in total. The fraction of sp³-hybridized carbons (Fsp3) is 0.435. The van der Waals surface area contributed by atoms with Gasteiger partial charge in [-0.1, -0.05) is 37.1 Å². The van der Waals surface area contributed by atoms with Crippen molar-refractivity contribution in [1.29, 1.82) is 0 Å². The SMILES string of the molecule is COc1ccc([C@@H]2CCCCCN2CC(=O)N[C@@H](C)c2ccc(S(N)(=O)=O)cc2)cc1. The van der Waals surface area contributed by atoms with Crippen LogP contribution in [0.4, 0.5) is 0 Å². The van der Waals surface area contributed by atoms with Crippen LogP contribution in [-0.2, 0) is 14.8 Å². The van der Waals surface area contributed by atoms with Crippen LogP contribution in [-0.4, -0.2) is 39.4 Å². The first-order valence-corrected chi connectivity index (χ1v) is 12.1. The van der Waals surface area contributed by atoms with Crippen molar-refractivity contribution < 1.29 is 17.9 Å². The molecule has 8 heteroatoms. The van der Waals surface area contributed by atoms with Gasteiger partial charge in [0.15, 0.2) is 0 Å². The van der Waals surface area contributed by atoms with E-state index >= 15 is 0 Å². The first kappa shape index (κ1) is 23.2. The highest BCUT2D eigenvalue weighted by molar-refractivity contribution is 7.89. The molecule has 0 spiro atoms. The maximum absolute atomic E-state index is 12.8. The first-order chi connectivity index (χ1) is 14.8. The molecule has 0 bridgehead atoms. The Bertz CT molecular complexity index is 975. The van der Waals surface area contributed by atoms with E-state index in [1.807, 2.05) is 19.1 Å². The Morgan fingerprint density at radius 1 is 1.13 bits per heavy atom. The smallest absolute Gasteiger partial charge is 0.238 e. The fourth-order valence-electron chi connectivity index (χ4n) is 4.06. The number of benzene rings is 2. The van der Waals surface area contributed by atoms with E-state index in [0.717, 1.165) is 43.5 Å². The fourth-order valence-corrected chi connectivity index (χ4v) is 4.58. The van der Waals surface area contributed by atoms with Gasteiger partial charge < -0.3 is 10.1 Å². The summed E-state index contributed by atoms with van der Waals surface area (Å²) in [6.07, 6.45) is 4.40. The van der Waals surface area contributed by atoms with Crippen LogP contribution in [0.15, 0.2) is 53.4 Å². The van der Waals surface area contributed by atoms with Crippen molar-refractivity contribution in [2.24, 2.45) is 5.14 Å². The van der Waals surface area contributed by atoms with E-state index in [2.05, 4.69) is 22.3 Å². The van der Waals surface area contributed by atoms with Crippen LogP contribution < -0.4 is 15.2 Å². The summed E-state index contributed by atoms with van der Waals surface area (Å²) in [5.74, 6) is 0.771. The summed E-state index contributed by atoms with van der Waals surface area (Å²) >= 11 is 0. The third-order valence-electron chi connectivity index (χ3n) is 5.80. The van der Waals surface area contributed by atoms with Crippen molar-refractivity contribution in [3.05, 3.63) is 59.7 Å². The summed E-state index contributed by atoms with van der Waals surface area (Å²) < 4.78 is 28.1. The molecule has 2 aromatic rings. The number of hydrogen-bond acceptors (Lipinski definition) is 5. The third kappa shape index (κ3) is 6.29. The molecule has 7 nitrogen and oxygen atoms in total. The molecule has 1 aliphatic heterocycles. The predicted octanol–water partition coefficient (Wildman–Crippen LogP) is 3.14. The zero-order valence-corrected chi connectivity index (χ0v) is 18.9. The minimum absolute atomic E-state index is 0.0524. The monoisotopic (exact) mass is 445 g/mol. The number of carbonyl (C=O) groups is 1. The number of methoxy groups -OCH3 is 1. The molecule has 0 aromatic heterocycles. The van der Waals surface area contributed by atoms with E-state index in [0.29, 0.717) is 6.54 Å². The highest BCUT2D eigenvalue weighted by atomic mass is 32.2. The topological polar surface area (TPSA) is 102 Å². The zero-order chi connectivity index (χ0) is 22.4. The molecule has 1 fully saturated rings. The molecule has 1 saturated heterocycles. The first-order valence-electron chi connectivity index (χ1n) is 10.6. The Kier molecular flexibility index (Phi) is 7.69. The van der Waals surface area contributed by atoms with Gasteiger partial charge in [0.2, 0.25) is 15.9 Å². The van der Waals surface area contributed by atoms with E-state index in [-0.39, 0.29) is 22.9 Å². The number of amides is 1. The lowest BCUT2D eigenvalue weighted by molar-refractivity contribution is -0.123. The molecule has 31 heavy (non-hydrogen) atoms. The van der Waals surface area contributed by atoms with Crippen molar-refractivity contribution in [3.63, 3.8) is 0 Å². The number of nitrogens with one attached hydrogen (secondary N) is 1. The van der Waals surface area contributed by atoms with Crippen molar-refractivity contribution in [2.45, 2.75) is 49.6 Å². The van der Waals surface area contributed by atoms with E-state index in [1.165, 1.54) is 17.7 Å². The standard InChI is InChI=1S/C23H31N3O4S/c1-17(18-9-13-21(14-10-18)31(24,28)29)25-23(27)16-26-15-5-3-4-6-22(26)19-7-11-20(30-2)12-8-19/h7-14,17,22H,3-6,15-16H2,1-2H3,(H,25,27)(H2,24,28,29)/t17-,22-/m0/s1. The summed E-state index contributed by atoms with van der Waals surface area (Å²) in [6.45, 7) is 3.07. The van der Waals surface area contributed by atoms with Crippen LogP contribution in [0.3, 0.4) is 0 Å². The van der Waals surface area contributed by atoms with E-state index < -0.39 is 10.0 Å². The van der Waals surface area contributed by atoms with Crippen LogP contribution in [0.1, 0.15) is 55.8 Å². The third-order valence-corrected chi connectivity index (χ3v) is 6.73. The summed E-state index contributed by atoms with van der Waals surface area (Å²) in [7, 11) is -2.08. The minimum Gasteiger partial charge on any atom is -0.497 e.